The highest BCUT2D eigenvalue weighted by Gasteiger charge is 2.01. The molecule has 2 rings (SSSR count). The van der Waals surface area contributed by atoms with E-state index in [1.54, 1.807) is 6.07 Å². The zero-order chi connectivity index (χ0) is 9.80. The van der Waals surface area contributed by atoms with Crippen molar-refractivity contribution in [3.8, 4) is 6.07 Å². The molecule has 0 saturated heterocycles. The second-order valence-electron chi connectivity index (χ2n) is 3.04. The van der Waals surface area contributed by atoms with Crippen molar-refractivity contribution in [2.24, 2.45) is 0 Å². The van der Waals surface area contributed by atoms with Crippen LogP contribution in [0.2, 0.25) is 0 Å². The van der Waals surface area contributed by atoms with Gasteiger partial charge in [0.05, 0.1) is 0 Å². The molecule has 0 saturated carbocycles. The maximum absolute atomic E-state index is 8.57. The van der Waals surface area contributed by atoms with Gasteiger partial charge in [-0.25, -0.2) is 0 Å². The van der Waals surface area contributed by atoms with Crippen LogP contribution in [0.3, 0.4) is 0 Å². The molecule has 1 heterocycles. The Kier molecular flexibility index (Phi) is 2.33. The molecular formula is C12H9NO. The van der Waals surface area contributed by atoms with E-state index < -0.39 is 0 Å². The van der Waals surface area contributed by atoms with E-state index in [4.69, 9.17) is 9.68 Å². The number of benzene rings is 1. The summed E-state index contributed by atoms with van der Waals surface area (Å²) in [7, 11) is 0. The van der Waals surface area contributed by atoms with E-state index in [2.05, 4.69) is 0 Å². The van der Waals surface area contributed by atoms with Crippen molar-refractivity contribution in [1.82, 2.24) is 0 Å². The first-order chi connectivity index (χ1) is 6.88. The predicted octanol–water partition coefficient (Wildman–Crippen LogP) is 2.74. The molecule has 2 aromatic rings. The number of nitrogens with zero attached hydrogens (tertiary/aromatic N) is 1. The zero-order valence-corrected chi connectivity index (χ0v) is 7.60. The molecule has 0 amide bonds. The Morgan fingerprint density at radius 2 is 1.86 bits per heavy atom. The molecule has 0 fully saturated rings. The van der Waals surface area contributed by atoms with Crippen LogP contribution < -0.4 is 0 Å². The van der Waals surface area contributed by atoms with Crippen LogP contribution in [0.5, 0.6) is 0 Å². The average Bonchev–Trinajstić information content (AvgIpc) is 2.67. The smallest absolute Gasteiger partial charge is 0.203 e. The monoisotopic (exact) mass is 183 g/mol. The molecule has 0 unspecified atom stereocenters. The number of rotatable bonds is 2. The molecule has 2 heteroatoms. The van der Waals surface area contributed by atoms with Gasteiger partial charge in [-0.1, -0.05) is 30.3 Å². The minimum Gasteiger partial charge on any atom is -0.450 e. The Morgan fingerprint density at radius 1 is 1.07 bits per heavy atom. The third kappa shape index (κ3) is 1.83. The second kappa shape index (κ2) is 3.80. The van der Waals surface area contributed by atoms with Crippen LogP contribution >= 0.6 is 0 Å². The van der Waals surface area contributed by atoms with Gasteiger partial charge in [0, 0.05) is 6.42 Å². The first-order valence-corrected chi connectivity index (χ1v) is 4.41. The van der Waals surface area contributed by atoms with Gasteiger partial charge in [-0.05, 0) is 17.7 Å². The molecule has 0 atom stereocenters. The highest BCUT2D eigenvalue weighted by molar-refractivity contribution is 5.24. The van der Waals surface area contributed by atoms with E-state index in [0.717, 1.165) is 12.2 Å². The van der Waals surface area contributed by atoms with Crippen LogP contribution in [-0.4, -0.2) is 0 Å². The van der Waals surface area contributed by atoms with E-state index in [-0.39, 0.29) is 0 Å². The van der Waals surface area contributed by atoms with Crippen molar-refractivity contribution in [3.63, 3.8) is 0 Å². The van der Waals surface area contributed by atoms with Crippen LogP contribution in [-0.2, 0) is 6.42 Å². The highest BCUT2D eigenvalue weighted by Crippen LogP contribution is 2.12. The Bertz CT molecular complexity index is 451. The fraction of sp³-hybridized carbons (Fsp3) is 0.0833. The third-order valence-electron chi connectivity index (χ3n) is 1.99. The molecule has 2 nitrogen and oxygen atoms in total. The molecule has 0 aliphatic carbocycles. The van der Waals surface area contributed by atoms with E-state index in [1.165, 1.54) is 5.56 Å². The number of hydrogen-bond acceptors (Lipinski definition) is 2. The van der Waals surface area contributed by atoms with Gasteiger partial charge in [0.2, 0.25) is 5.76 Å². The van der Waals surface area contributed by atoms with E-state index >= 15 is 0 Å². The largest absolute Gasteiger partial charge is 0.450 e. The maximum Gasteiger partial charge on any atom is 0.203 e. The quantitative estimate of drug-likeness (QED) is 0.717. The van der Waals surface area contributed by atoms with Gasteiger partial charge in [0.25, 0.3) is 0 Å². The van der Waals surface area contributed by atoms with E-state index in [0.29, 0.717) is 5.76 Å². The van der Waals surface area contributed by atoms with Gasteiger partial charge in [-0.3, -0.25) is 0 Å². The van der Waals surface area contributed by atoms with Crippen molar-refractivity contribution >= 4 is 0 Å². The fourth-order valence-electron chi connectivity index (χ4n) is 1.33. The van der Waals surface area contributed by atoms with Crippen LogP contribution in [0.15, 0.2) is 46.9 Å². The lowest BCUT2D eigenvalue weighted by Gasteiger charge is -1.95. The van der Waals surface area contributed by atoms with Crippen molar-refractivity contribution in [2.75, 3.05) is 0 Å². The van der Waals surface area contributed by atoms with Crippen LogP contribution in [0.4, 0.5) is 0 Å². The molecule has 0 spiro atoms. The Labute approximate surface area is 82.4 Å². The summed E-state index contributed by atoms with van der Waals surface area (Å²) in [5.41, 5.74) is 1.19. The SMILES string of the molecule is N#Cc1ccc(Cc2ccccc2)o1. The van der Waals surface area contributed by atoms with Crippen molar-refractivity contribution in [3.05, 3.63) is 59.5 Å². The van der Waals surface area contributed by atoms with Crippen LogP contribution in [0, 0.1) is 11.3 Å². The summed E-state index contributed by atoms with van der Waals surface area (Å²) in [4.78, 5) is 0. The summed E-state index contributed by atoms with van der Waals surface area (Å²) in [6, 6.07) is 15.5. The molecule has 14 heavy (non-hydrogen) atoms. The summed E-state index contributed by atoms with van der Waals surface area (Å²) in [6.45, 7) is 0. The van der Waals surface area contributed by atoms with Crippen LogP contribution in [0.25, 0.3) is 0 Å². The maximum atomic E-state index is 8.57. The summed E-state index contributed by atoms with van der Waals surface area (Å²) in [5, 5.41) is 8.57. The number of nitriles is 1. The Morgan fingerprint density at radius 3 is 2.50 bits per heavy atom. The molecule has 0 N–H and O–H groups in total. The highest BCUT2D eigenvalue weighted by atomic mass is 16.3. The third-order valence-corrected chi connectivity index (χ3v) is 1.99. The lowest BCUT2D eigenvalue weighted by atomic mass is 10.1. The van der Waals surface area contributed by atoms with Crippen LogP contribution in [0.1, 0.15) is 17.1 Å². The fourth-order valence-corrected chi connectivity index (χ4v) is 1.33. The summed E-state index contributed by atoms with van der Waals surface area (Å²) < 4.78 is 5.28. The minimum atomic E-state index is 0.371. The Hall–Kier alpha value is -2.01. The summed E-state index contributed by atoms with van der Waals surface area (Å²) in [5.74, 6) is 1.20. The molecule has 0 aliphatic rings. The summed E-state index contributed by atoms with van der Waals surface area (Å²) >= 11 is 0. The normalized spacial score (nSPS) is 9.64. The standard InChI is InChI=1S/C12H9NO/c13-9-12-7-6-11(14-12)8-10-4-2-1-3-5-10/h1-7H,8H2. The van der Waals surface area contributed by atoms with Crippen molar-refractivity contribution < 1.29 is 4.42 Å². The van der Waals surface area contributed by atoms with Gasteiger partial charge in [-0.2, -0.15) is 5.26 Å². The van der Waals surface area contributed by atoms with Gasteiger partial charge < -0.3 is 4.42 Å². The number of furan rings is 1. The lowest BCUT2D eigenvalue weighted by molar-refractivity contribution is 0.508. The van der Waals surface area contributed by atoms with Gasteiger partial charge in [-0.15, -0.1) is 0 Å². The molecule has 1 aromatic carbocycles. The molecule has 0 radical (unpaired) electrons. The van der Waals surface area contributed by atoms with E-state index in [1.807, 2.05) is 42.5 Å². The molecule has 0 bridgehead atoms. The predicted molar refractivity (Wildman–Crippen MR) is 52.7 cm³/mol. The first-order valence-electron chi connectivity index (χ1n) is 4.41. The topological polar surface area (TPSA) is 36.9 Å². The zero-order valence-electron chi connectivity index (χ0n) is 7.60. The lowest BCUT2D eigenvalue weighted by Crippen LogP contribution is -1.83. The molecule has 68 valence electrons. The second-order valence-corrected chi connectivity index (χ2v) is 3.04. The van der Waals surface area contributed by atoms with Crippen molar-refractivity contribution in [1.29, 1.82) is 5.26 Å². The minimum absolute atomic E-state index is 0.371. The molecular weight excluding hydrogens is 174 g/mol. The molecule has 1 aromatic heterocycles. The van der Waals surface area contributed by atoms with Gasteiger partial charge >= 0.3 is 0 Å². The first kappa shape index (κ1) is 8.58. The summed E-state index contributed by atoms with van der Waals surface area (Å²) in [6.07, 6.45) is 0.739. The Balaban J connectivity index is 2.16. The van der Waals surface area contributed by atoms with Gasteiger partial charge in [0.15, 0.2) is 0 Å². The van der Waals surface area contributed by atoms with E-state index in [9.17, 15) is 0 Å². The average molecular weight is 183 g/mol. The molecule has 0 aliphatic heterocycles. The van der Waals surface area contributed by atoms with Gasteiger partial charge in [0.1, 0.15) is 11.8 Å². The number of hydrogen-bond donors (Lipinski definition) is 0. The van der Waals surface area contributed by atoms with Crippen molar-refractivity contribution in [2.45, 2.75) is 6.42 Å².